The molecule has 1 atom stereocenters. The summed E-state index contributed by atoms with van der Waals surface area (Å²) >= 11 is 0. The van der Waals surface area contributed by atoms with E-state index in [1.807, 2.05) is 14.0 Å². The molecule has 1 aromatic rings. The first-order chi connectivity index (χ1) is 10.5. The second-order valence-electron chi connectivity index (χ2n) is 5.47. The largest absolute Gasteiger partial charge is 0.496 e. The van der Waals surface area contributed by atoms with Crippen molar-refractivity contribution in [1.29, 1.82) is 0 Å². The first-order valence-electron chi connectivity index (χ1n) is 7.36. The lowest BCUT2D eigenvalue weighted by Crippen LogP contribution is -2.45. The SMILES string of the molecule is COc1cc(C(=O)NC[C@H]2CN(C)CCO2)cc(OC)c1C. The molecular formula is C16H24N2O4. The molecule has 1 aliphatic heterocycles. The molecule has 6 nitrogen and oxygen atoms in total. The molecule has 0 aromatic heterocycles. The van der Waals surface area contributed by atoms with Crippen molar-refractivity contribution < 1.29 is 19.0 Å². The quantitative estimate of drug-likeness (QED) is 0.882. The third kappa shape index (κ3) is 3.90. The molecule has 1 amide bonds. The first kappa shape index (κ1) is 16.6. The van der Waals surface area contributed by atoms with Gasteiger partial charge in [-0.3, -0.25) is 4.79 Å². The highest BCUT2D eigenvalue weighted by atomic mass is 16.5. The fourth-order valence-electron chi connectivity index (χ4n) is 2.52. The predicted molar refractivity (Wildman–Crippen MR) is 83.9 cm³/mol. The van der Waals surface area contributed by atoms with E-state index in [1.54, 1.807) is 26.4 Å². The summed E-state index contributed by atoms with van der Waals surface area (Å²) in [5, 5.41) is 2.91. The van der Waals surface area contributed by atoms with Crippen LogP contribution in [-0.4, -0.2) is 64.4 Å². The van der Waals surface area contributed by atoms with Gasteiger partial charge in [0.15, 0.2) is 0 Å². The van der Waals surface area contributed by atoms with Gasteiger partial charge in [0.2, 0.25) is 0 Å². The van der Waals surface area contributed by atoms with Gasteiger partial charge in [-0.05, 0) is 26.1 Å². The first-order valence-corrected chi connectivity index (χ1v) is 7.36. The molecule has 1 heterocycles. The van der Waals surface area contributed by atoms with Crippen LogP contribution >= 0.6 is 0 Å². The summed E-state index contributed by atoms with van der Waals surface area (Å²) in [5.41, 5.74) is 1.39. The van der Waals surface area contributed by atoms with E-state index in [0.29, 0.717) is 30.2 Å². The van der Waals surface area contributed by atoms with Gasteiger partial charge in [0.1, 0.15) is 11.5 Å². The lowest BCUT2D eigenvalue weighted by Gasteiger charge is -2.30. The lowest BCUT2D eigenvalue weighted by atomic mass is 10.1. The van der Waals surface area contributed by atoms with Gasteiger partial charge in [0.25, 0.3) is 5.91 Å². The van der Waals surface area contributed by atoms with Crippen molar-refractivity contribution in [3.63, 3.8) is 0 Å². The average molecular weight is 308 g/mol. The van der Waals surface area contributed by atoms with Crippen LogP contribution in [-0.2, 0) is 4.74 Å². The third-order valence-electron chi connectivity index (χ3n) is 3.85. The lowest BCUT2D eigenvalue weighted by molar-refractivity contribution is -0.0175. The summed E-state index contributed by atoms with van der Waals surface area (Å²) in [7, 11) is 5.21. The number of likely N-dealkylation sites (N-methyl/N-ethyl adjacent to an activating group) is 1. The zero-order chi connectivity index (χ0) is 16.1. The Morgan fingerprint density at radius 2 is 2.00 bits per heavy atom. The minimum Gasteiger partial charge on any atom is -0.496 e. The van der Waals surface area contributed by atoms with E-state index in [9.17, 15) is 4.79 Å². The molecule has 0 aliphatic carbocycles. The summed E-state index contributed by atoms with van der Waals surface area (Å²) in [5.74, 6) is 1.12. The van der Waals surface area contributed by atoms with Gasteiger partial charge in [0.05, 0.1) is 26.9 Å². The van der Waals surface area contributed by atoms with Crippen molar-refractivity contribution in [2.45, 2.75) is 13.0 Å². The second-order valence-corrected chi connectivity index (χ2v) is 5.47. The van der Waals surface area contributed by atoms with Crippen molar-refractivity contribution in [2.24, 2.45) is 0 Å². The number of ether oxygens (including phenoxy) is 3. The maximum atomic E-state index is 12.3. The summed E-state index contributed by atoms with van der Waals surface area (Å²) in [6, 6.07) is 3.45. The molecule has 1 aliphatic rings. The Labute approximate surface area is 131 Å². The van der Waals surface area contributed by atoms with Crippen molar-refractivity contribution in [2.75, 3.05) is 47.5 Å². The molecule has 0 saturated carbocycles. The van der Waals surface area contributed by atoms with E-state index in [-0.39, 0.29) is 12.0 Å². The van der Waals surface area contributed by atoms with Gasteiger partial charge in [-0.1, -0.05) is 0 Å². The number of hydrogen-bond acceptors (Lipinski definition) is 5. The van der Waals surface area contributed by atoms with Crippen molar-refractivity contribution >= 4 is 5.91 Å². The Morgan fingerprint density at radius 1 is 1.36 bits per heavy atom. The number of nitrogens with one attached hydrogen (secondary N) is 1. The van der Waals surface area contributed by atoms with Crippen molar-refractivity contribution in [3.05, 3.63) is 23.3 Å². The number of morpholine rings is 1. The summed E-state index contributed by atoms with van der Waals surface area (Å²) < 4.78 is 16.2. The van der Waals surface area contributed by atoms with Crippen molar-refractivity contribution in [1.82, 2.24) is 10.2 Å². The monoisotopic (exact) mass is 308 g/mol. The second kappa shape index (κ2) is 7.47. The number of benzene rings is 1. The number of nitrogens with zero attached hydrogens (tertiary/aromatic N) is 1. The molecule has 1 aromatic carbocycles. The fourth-order valence-corrected chi connectivity index (χ4v) is 2.52. The molecule has 2 rings (SSSR count). The van der Waals surface area contributed by atoms with Crippen LogP contribution < -0.4 is 14.8 Å². The number of rotatable bonds is 5. The minimum absolute atomic E-state index is 0.0249. The number of methoxy groups -OCH3 is 2. The predicted octanol–water partition coefficient (Wildman–Crippen LogP) is 1.07. The van der Waals surface area contributed by atoms with Crippen molar-refractivity contribution in [3.8, 4) is 11.5 Å². The van der Waals surface area contributed by atoms with Crippen LogP contribution in [0.25, 0.3) is 0 Å². The van der Waals surface area contributed by atoms with Crippen LogP contribution in [0.2, 0.25) is 0 Å². The maximum Gasteiger partial charge on any atom is 0.251 e. The average Bonchev–Trinajstić information content (AvgIpc) is 2.53. The number of hydrogen-bond donors (Lipinski definition) is 1. The molecule has 1 saturated heterocycles. The van der Waals surface area contributed by atoms with Gasteiger partial charge < -0.3 is 24.4 Å². The maximum absolute atomic E-state index is 12.3. The highest BCUT2D eigenvalue weighted by Crippen LogP contribution is 2.29. The molecular weight excluding hydrogens is 284 g/mol. The Kier molecular flexibility index (Phi) is 5.63. The highest BCUT2D eigenvalue weighted by Gasteiger charge is 2.19. The normalized spacial score (nSPS) is 18.8. The smallest absolute Gasteiger partial charge is 0.251 e. The van der Waals surface area contributed by atoms with Crippen LogP contribution in [0.15, 0.2) is 12.1 Å². The van der Waals surface area contributed by atoms with E-state index in [0.717, 1.165) is 18.7 Å². The van der Waals surface area contributed by atoms with E-state index in [2.05, 4.69) is 10.2 Å². The number of carbonyl (C=O) groups excluding carboxylic acids is 1. The summed E-state index contributed by atoms with van der Waals surface area (Å²) in [4.78, 5) is 14.5. The Balaban J connectivity index is 2.03. The molecule has 0 bridgehead atoms. The van der Waals surface area contributed by atoms with Gasteiger partial charge in [-0.2, -0.15) is 0 Å². The van der Waals surface area contributed by atoms with Crippen LogP contribution in [0, 0.1) is 6.92 Å². The van der Waals surface area contributed by atoms with Gasteiger partial charge >= 0.3 is 0 Å². The molecule has 0 spiro atoms. The van der Waals surface area contributed by atoms with Gasteiger partial charge in [-0.15, -0.1) is 0 Å². The Morgan fingerprint density at radius 3 is 2.55 bits per heavy atom. The van der Waals surface area contributed by atoms with E-state index >= 15 is 0 Å². The van der Waals surface area contributed by atoms with Crippen LogP contribution in [0.3, 0.4) is 0 Å². The van der Waals surface area contributed by atoms with Crippen LogP contribution in [0.5, 0.6) is 11.5 Å². The minimum atomic E-state index is -0.159. The molecule has 22 heavy (non-hydrogen) atoms. The summed E-state index contributed by atoms with van der Waals surface area (Å²) in [6.07, 6.45) is 0.0249. The molecule has 1 fully saturated rings. The van der Waals surface area contributed by atoms with Gasteiger partial charge in [-0.25, -0.2) is 0 Å². The molecule has 6 heteroatoms. The highest BCUT2D eigenvalue weighted by molar-refractivity contribution is 5.95. The molecule has 1 N–H and O–H groups in total. The molecule has 0 unspecified atom stereocenters. The molecule has 0 radical (unpaired) electrons. The number of amides is 1. The summed E-state index contributed by atoms with van der Waals surface area (Å²) in [6.45, 7) is 4.83. The van der Waals surface area contributed by atoms with Crippen LogP contribution in [0.4, 0.5) is 0 Å². The Hall–Kier alpha value is -1.79. The standard InChI is InChI=1S/C16H24N2O4/c1-11-14(20-3)7-12(8-15(11)21-4)16(19)17-9-13-10-18(2)5-6-22-13/h7-8,13H,5-6,9-10H2,1-4H3,(H,17,19)/t13-/m0/s1. The Bertz CT molecular complexity index is 508. The van der Waals surface area contributed by atoms with E-state index in [4.69, 9.17) is 14.2 Å². The van der Waals surface area contributed by atoms with Crippen LogP contribution in [0.1, 0.15) is 15.9 Å². The fraction of sp³-hybridized carbons (Fsp3) is 0.562. The number of carbonyl (C=O) groups is 1. The zero-order valence-electron chi connectivity index (χ0n) is 13.6. The van der Waals surface area contributed by atoms with E-state index in [1.165, 1.54) is 0 Å². The van der Waals surface area contributed by atoms with E-state index < -0.39 is 0 Å². The topological polar surface area (TPSA) is 60.0 Å². The van der Waals surface area contributed by atoms with Gasteiger partial charge in [0, 0.05) is 30.8 Å². The third-order valence-corrected chi connectivity index (χ3v) is 3.85. The molecule has 122 valence electrons. The zero-order valence-corrected chi connectivity index (χ0v) is 13.6.